The van der Waals surface area contributed by atoms with Crippen molar-refractivity contribution in [2.45, 2.75) is 38.7 Å². The number of hydrogen-bond donors (Lipinski definition) is 2. The Kier molecular flexibility index (Phi) is 11.8. The Morgan fingerprint density at radius 3 is 2.88 bits per heavy atom. The second-order valence-corrected chi connectivity index (χ2v) is 6.73. The van der Waals surface area contributed by atoms with Crippen molar-refractivity contribution < 1.29 is 9.47 Å². The first-order chi connectivity index (χ1) is 12.2. The van der Waals surface area contributed by atoms with Crippen LogP contribution in [-0.4, -0.2) is 57.0 Å². The van der Waals surface area contributed by atoms with Crippen molar-refractivity contribution in [3.8, 4) is 0 Å². The fourth-order valence-corrected chi connectivity index (χ4v) is 2.93. The Morgan fingerprint density at radius 1 is 1.42 bits per heavy atom. The molecule has 1 aliphatic heterocycles. The van der Waals surface area contributed by atoms with Gasteiger partial charge in [0.15, 0.2) is 5.96 Å². The van der Waals surface area contributed by atoms with Crippen LogP contribution in [0.25, 0.3) is 0 Å². The quantitative estimate of drug-likeness (QED) is 0.248. The first-order valence-corrected chi connectivity index (χ1v) is 9.24. The predicted octanol–water partition coefficient (Wildman–Crippen LogP) is 2.80. The fraction of sp³-hybridized carbons (Fsp3) is 0.684. The molecule has 7 heteroatoms. The van der Waals surface area contributed by atoms with Gasteiger partial charge >= 0.3 is 0 Å². The van der Waals surface area contributed by atoms with Crippen molar-refractivity contribution in [2.75, 3.05) is 40.0 Å². The first kappa shape index (κ1) is 23.1. The predicted molar refractivity (Wildman–Crippen MR) is 116 cm³/mol. The number of ether oxygens (including phenoxy) is 2. The van der Waals surface area contributed by atoms with E-state index in [2.05, 4.69) is 40.5 Å². The molecule has 2 unspecified atom stereocenters. The second kappa shape index (κ2) is 13.3. The summed E-state index contributed by atoms with van der Waals surface area (Å²) in [5.41, 5.74) is 1.26. The number of nitrogens with zero attached hydrogens (tertiary/aromatic N) is 2. The topological polar surface area (TPSA) is 67.8 Å². The summed E-state index contributed by atoms with van der Waals surface area (Å²) in [6, 6.07) is 4.13. The largest absolute Gasteiger partial charge is 0.379 e. The van der Waals surface area contributed by atoms with Gasteiger partial charge < -0.3 is 20.1 Å². The lowest BCUT2D eigenvalue weighted by atomic mass is 9.89. The lowest BCUT2D eigenvalue weighted by Gasteiger charge is -2.23. The van der Waals surface area contributed by atoms with Crippen molar-refractivity contribution in [1.82, 2.24) is 15.6 Å². The number of aromatic nitrogens is 1. The van der Waals surface area contributed by atoms with Gasteiger partial charge in [0, 0.05) is 51.7 Å². The van der Waals surface area contributed by atoms with E-state index in [0.29, 0.717) is 11.8 Å². The molecule has 0 spiro atoms. The summed E-state index contributed by atoms with van der Waals surface area (Å²) in [4.78, 5) is 8.55. The molecule has 1 aromatic heterocycles. The highest BCUT2D eigenvalue weighted by Gasteiger charge is 2.17. The first-order valence-electron chi connectivity index (χ1n) is 9.24. The summed E-state index contributed by atoms with van der Waals surface area (Å²) in [6.45, 7) is 8.46. The normalized spacial score (nSPS) is 18.5. The smallest absolute Gasteiger partial charge is 0.190 e. The molecule has 1 fully saturated rings. The summed E-state index contributed by atoms with van der Waals surface area (Å²) >= 11 is 0. The summed E-state index contributed by atoms with van der Waals surface area (Å²) in [5.74, 6) is 1.76. The molecule has 0 radical (unpaired) electrons. The maximum absolute atomic E-state index is 5.77. The van der Waals surface area contributed by atoms with E-state index < -0.39 is 0 Å². The number of guanidine groups is 1. The maximum atomic E-state index is 5.77. The molecule has 6 nitrogen and oxygen atoms in total. The maximum Gasteiger partial charge on any atom is 0.190 e. The molecule has 0 amide bonds. The average molecular weight is 476 g/mol. The van der Waals surface area contributed by atoms with Gasteiger partial charge in [-0.05, 0) is 30.4 Å². The molecule has 1 aromatic rings. The average Bonchev–Trinajstić information content (AvgIpc) is 3.14. The summed E-state index contributed by atoms with van der Waals surface area (Å²) in [6.07, 6.45) is 6.01. The van der Waals surface area contributed by atoms with E-state index in [4.69, 9.17) is 9.47 Å². The Hall–Kier alpha value is -0.930. The standard InChI is InChI=1S/C19H32N4O2.HI/c1-15(2)18(16-6-4-8-21-12-16)13-23-19(20-3)22-9-5-10-25-17-7-11-24-14-17;/h4,6,8,12,15,17-18H,5,7,9-11,13-14H2,1-3H3,(H2,20,22,23);1H. The van der Waals surface area contributed by atoms with Gasteiger partial charge in [0.2, 0.25) is 0 Å². The number of hydrogen-bond acceptors (Lipinski definition) is 4. The summed E-state index contributed by atoms with van der Waals surface area (Å²) in [5, 5.41) is 6.78. The third-order valence-corrected chi connectivity index (χ3v) is 4.49. The van der Waals surface area contributed by atoms with E-state index in [-0.39, 0.29) is 30.1 Å². The number of aliphatic imine (C=N–C) groups is 1. The molecule has 2 N–H and O–H groups in total. The molecule has 2 heterocycles. The molecule has 1 aliphatic rings. The summed E-state index contributed by atoms with van der Waals surface area (Å²) < 4.78 is 11.1. The Labute approximate surface area is 174 Å². The molecule has 2 rings (SSSR count). The SMILES string of the molecule is CN=C(NCCCOC1CCOC1)NCC(c1cccnc1)C(C)C.I. The van der Waals surface area contributed by atoms with Crippen LogP contribution in [0.1, 0.15) is 38.2 Å². The van der Waals surface area contributed by atoms with Crippen LogP contribution in [0.15, 0.2) is 29.5 Å². The zero-order valence-corrected chi connectivity index (χ0v) is 18.4. The van der Waals surface area contributed by atoms with Gasteiger partial charge in [0.05, 0.1) is 12.7 Å². The van der Waals surface area contributed by atoms with Crippen molar-refractivity contribution in [3.05, 3.63) is 30.1 Å². The molecule has 2 atom stereocenters. The van der Waals surface area contributed by atoms with Crippen molar-refractivity contribution in [3.63, 3.8) is 0 Å². The van der Waals surface area contributed by atoms with Crippen LogP contribution in [0, 0.1) is 5.92 Å². The minimum atomic E-state index is 0. The highest BCUT2D eigenvalue weighted by atomic mass is 127. The van der Waals surface area contributed by atoms with Crippen molar-refractivity contribution in [1.29, 1.82) is 0 Å². The molecule has 0 bridgehead atoms. The zero-order valence-electron chi connectivity index (χ0n) is 16.1. The number of nitrogens with one attached hydrogen (secondary N) is 2. The van der Waals surface area contributed by atoms with Crippen LogP contribution in [-0.2, 0) is 9.47 Å². The van der Waals surface area contributed by atoms with Crippen molar-refractivity contribution in [2.24, 2.45) is 10.9 Å². The minimum absolute atomic E-state index is 0. The molecule has 148 valence electrons. The van der Waals surface area contributed by atoms with Gasteiger partial charge in [-0.25, -0.2) is 0 Å². The monoisotopic (exact) mass is 476 g/mol. The van der Waals surface area contributed by atoms with Gasteiger partial charge in [-0.2, -0.15) is 0 Å². The Bertz CT molecular complexity index is 508. The highest BCUT2D eigenvalue weighted by molar-refractivity contribution is 14.0. The number of pyridine rings is 1. The minimum Gasteiger partial charge on any atom is -0.379 e. The van der Waals surface area contributed by atoms with E-state index in [1.54, 1.807) is 7.05 Å². The van der Waals surface area contributed by atoms with Crippen LogP contribution >= 0.6 is 24.0 Å². The van der Waals surface area contributed by atoms with Crippen LogP contribution in [0.3, 0.4) is 0 Å². The fourth-order valence-electron chi connectivity index (χ4n) is 2.93. The van der Waals surface area contributed by atoms with E-state index in [1.807, 2.05) is 18.5 Å². The number of halogens is 1. The number of rotatable bonds is 9. The van der Waals surface area contributed by atoms with Crippen LogP contribution in [0.4, 0.5) is 0 Å². The molecule has 1 saturated heterocycles. The second-order valence-electron chi connectivity index (χ2n) is 6.73. The molecule has 0 aromatic carbocycles. The van der Waals surface area contributed by atoms with Gasteiger partial charge in [0.25, 0.3) is 0 Å². The molecular weight excluding hydrogens is 443 g/mol. The van der Waals surface area contributed by atoms with E-state index in [9.17, 15) is 0 Å². The highest BCUT2D eigenvalue weighted by Crippen LogP contribution is 2.22. The van der Waals surface area contributed by atoms with Crippen LogP contribution in [0.2, 0.25) is 0 Å². The molecule has 0 aliphatic carbocycles. The Balaban J connectivity index is 0.00000338. The molecular formula is C19H33IN4O2. The third kappa shape index (κ3) is 8.18. The van der Waals surface area contributed by atoms with Crippen molar-refractivity contribution >= 4 is 29.9 Å². The van der Waals surface area contributed by atoms with E-state index >= 15 is 0 Å². The van der Waals surface area contributed by atoms with Crippen LogP contribution < -0.4 is 10.6 Å². The van der Waals surface area contributed by atoms with Gasteiger partial charge in [-0.15, -0.1) is 24.0 Å². The van der Waals surface area contributed by atoms with Crippen LogP contribution in [0.5, 0.6) is 0 Å². The van der Waals surface area contributed by atoms with E-state index in [1.165, 1.54) is 5.56 Å². The molecule has 26 heavy (non-hydrogen) atoms. The van der Waals surface area contributed by atoms with Gasteiger partial charge in [0.1, 0.15) is 0 Å². The molecule has 0 saturated carbocycles. The summed E-state index contributed by atoms with van der Waals surface area (Å²) in [7, 11) is 1.80. The van der Waals surface area contributed by atoms with E-state index in [0.717, 1.165) is 51.7 Å². The lowest BCUT2D eigenvalue weighted by molar-refractivity contribution is 0.0420. The lowest BCUT2D eigenvalue weighted by Crippen LogP contribution is -2.40. The van der Waals surface area contributed by atoms with Gasteiger partial charge in [-0.1, -0.05) is 19.9 Å². The van der Waals surface area contributed by atoms with Gasteiger partial charge in [-0.3, -0.25) is 9.98 Å². The third-order valence-electron chi connectivity index (χ3n) is 4.49. The Morgan fingerprint density at radius 2 is 2.27 bits per heavy atom. The zero-order chi connectivity index (χ0) is 17.9.